The summed E-state index contributed by atoms with van der Waals surface area (Å²) >= 11 is 5.79. The van der Waals surface area contributed by atoms with Crippen LogP contribution in [0.5, 0.6) is 0 Å². The fourth-order valence-corrected chi connectivity index (χ4v) is 1.65. The van der Waals surface area contributed by atoms with Crippen LogP contribution in [0.15, 0.2) is 36.9 Å². The zero-order chi connectivity index (χ0) is 14.5. The van der Waals surface area contributed by atoms with Crippen molar-refractivity contribution < 1.29 is 9.53 Å². The third-order valence-corrected chi connectivity index (χ3v) is 3.13. The summed E-state index contributed by atoms with van der Waals surface area (Å²) in [6, 6.07) is 6.62. The number of carbonyl (C=O) groups excluding carboxylic acids is 1. The molecular formula is C14H19ClN2O2. The van der Waals surface area contributed by atoms with Gasteiger partial charge in [-0.25, -0.2) is 4.79 Å². The van der Waals surface area contributed by atoms with Crippen LogP contribution in [0.1, 0.15) is 13.8 Å². The van der Waals surface area contributed by atoms with Gasteiger partial charge in [0.2, 0.25) is 0 Å². The molecule has 0 bridgehead atoms. The molecule has 1 atom stereocenters. The van der Waals surface area contributed by atoms with Gasteiger partial charge in [0.1, 0.15) is 0 Å². The third kappa shape index (κ3) is 3.98. The Bertz CT molecular complexity index is 447. The van der Waals surface area contributed by atoms with E-state index < -0.39 is 5.72 Å². The van der Waals surface area contributed by atoms with Gasteiger partial charge < -0.3 is 10.1 Å². The maximum absolute atomic E-state index is 12.1. The van der Waals surface area contributed by atoms with Crippen LogP contribution in [-0.2, 0) is 4.74 Å². The molecule has 5 heteroatoms. The van der Waals surface area contributed by atoms with Crippen LogP contribution in [0.3, 0.4) is 0 Å². The monoisotopic (exact) mass is 282 g/mol. The molecule has 0 saturated heterocycles. The van der Waals surface area contributed by atoms with Crippen molar-refractivity contribution in [3.8, 4) is 0 Å². The molecule has 4 nitrogen and oxygen atoms in total. The number of hydrogen-bond acceptors (Lipinski definition) is 2. The first-order valence-corrected chi connectivity index (χ1v) is 6.38. The highest BCUT2D eigenvalue weighted by Gasteiger charge is 2.30. The molecule has 1 unspecified atom stereocenters. The molecule has 0 radical (unpaired) electrons. The van der Waals surface area contributed by atoms with Crippen LogP contribution in [0, 0.1) is 0 Å². The van der Waals surface area contributed by atoms with E-state index in [1.807, 2.05) is 6.92 Å². The number of benzene rings is 1. The second-order valence-corrected chi connectivity index (χ2v) is 4.62. The molecule has 1 rings (SSSR count). The van der Waals surface area contributed by atoms with Crippen molar-refractivity contribution in [2.24, 2.45) is 0 Å². The van der Waals surface area contributed by atoms with Gasteiger partial charge in [-0.05, 0) is 44.2 Å². The number of rotatable bonds is 5. The van der Waals surface area contributed by atoms with Crippen LogP contribution in [0.2, 0.25) is 5.02 Å². The summed E-state index contributed by atoms with van der Waals surface area (Å²) in [4.78, 5) is 13.6. The number of nitrogens with one attached hydrogen (secondary N) is 1. The Hall–Kier alpha value is -1.52. The van der Waals surface area contributed by atoms with Gasteiger partial charge in [0.15, 0.2) is 5.72 Å². The lowest BCUT2D eigenvalue weighted by Gasteiger charge is -2.35. The highest BCUT2D eigenvalue weighted by molar-refractivity contribution is 6.30. The first-order valence-electron chi connectivity index (χ1n) is 6.01. The van der Waals surface area contributed by atoms with Gasteiger partial charge in [-0.2, -0.15) is 0 Å². The Labute approximate surface area is 119 Å². The van der Waals surface area contributed by atoms with Gasteiger partial charge in [-0.15, -0.1) is 0 Å². The molecule has 19 heavy (non-hydrogen) atoms. The van der Waals surface area contributed by atoms with E-state index in [2.05, 4.69) is 11.9 Å². The Balaban J connectivity index is 2.76. The van der Waals surface area contributed by atoms with Crippen molar-refractivity contribution >= 4 is 23.3 Å². The SMILES string of the molecule is C=CC(C)(OCC)N(C)C(=O)Nc1ccc(Cl)cc1. The average molecular weight is 283 g/mol. The molecule has 0 heterocycles. The number of hydrogen-bond donors (Lipinski definition) is 1. The smallest absolute Gasteiger partial charge is 0.324 e. The Kier molecular flexibility index (Phi) is 5.39. The van der Waals surface area contributed by atoms with E-state index in [-0.39, 0.29) is 6.03 Å². The summed E-state index contributed by atoms with van der Waals surface area (Å²) in [5.41, 5.74) is -0.171. The summed E-state index contributed by atoms with van der Waals surface area (Å²) in [6.45, 7) is 7.85. The minimum atomic E-state index is -0.842. The Morgan fingerprint density at radius 1 is 1.53 bits per heavy atom. The van der Waals surface area contributed by atoms with Gasteiger partial charge in [0, 0.05) is 24.4 Å². The molecule has 0 aromatic heterocycles. The first-order chi connectivity index (χ1) is 8.92. The lowest BCUT2D eigenvalue weighted by molar-refractivity contribution is -0.0694. The summed E-state index contributed by atoms with van der Waals surface area (Å²) in [5.74, 6) is 0. The van der Waals surface area contributed by atoms with E-state index in [0.717, 1.165) is 0 Å². The molecule has 1 N–H and O–H groups in total. The van der Waals surface area contributed by atoms with E-state index in [4.69, 9.17) is 16.3 Å². The van der Waals surface area contributed by atoms with Crippen molar-refractivity contribution in [2.45, 2.75) is 19.6 Å². The second kappa shape index (κ2) is 6.59. The fraction of sp³-hybridized carbons (Fsp3) is 0.357. The maximum atomic E-state index is 12.1. The third-order valence-electron chi connectivity index (χ3n) is 2.88. The Morgan fingerprint density at radius 3 is 2.58 bits per heavy atom. The lowest BCUT2D eigenvalue weighted by Crippen LogP contribution is -2.49. The second-order valence-electron chi connectivity index (χ2n) is 4.19. The van der Waals surface area contributed by atoms with Gasteiger partial charge in [-0.3, -0.25) is 4.90 Å². The number of halogens is 1. The number of amides is 2. The van der Waals surface area contributed by atoms with Crippen LogP contribution in [-0.4, -0.2) is 30.3 Å². The van der Waals surface area contributed by atoms with E-state index >= 15 is 0 Å². The number of likely N-dealkylation sites (N-methyl/N-ethyl adjacent to an activating group) is 1. The van der Waals surface area contributed by atoms with E-state index in [1.165, 1.54) is 4.90 Å². The zero-order valence-electron chi connectivity index (χ0n) is 11.4. The molecule has 1 aromatic rings. The molecule has 1 aromatic carbocycles. The molecule has 2 amide bonds. The summed E-state index contributed by atoms with van der Waals surface area (Å²) in [5, 5.41) is 3.39. The number of ether oxygens (including phenoxy) is 1. The largest absolute Gasteiger partial charge is 0.352 e. The minimum Gasteiger partial charge on any atom is -0.352 e. The number of anilines is 1. The van der Waals surface area contributed by atoms with Gasteiger partial charge in [0.05, 0.1) is 0 Å². The maximum Gasteiger partial charge on any atom is 0.324 e. The van der Waals surface area contributed by atoms with E-state index in [1.54, 1.807) is 44.3 Å². The number of carbonyl (C=O) groups is 1. The lowest BCUT2D eigenvalue weighted by atomic mass is 10.2. The summed E-state index contributed by atoms with van der Waals surface area (Å²) in [7, 11) is 1.66. The molecule has 104 valence electrons. The van der Waals surface area contributed by atoms with Gasteiger partial charge >= 0.3 is 6.03 Å². The van der Waals surface area contributed by atoms with Crippen molar-refractivity contribution in [1.29, 1.82) is 0 Å². The van der Waals surface area contributed by atoms with Gasteiger partial charge in [0.25, 0.3) is 0 Å². The molecule has 0 spiro atoms. The minimum absolute atomic E-state index is 0.279. The van der Waals surface area contributed by atoms with Crippen LogP contribution in [0.4, 0.5) is 10.5 Å². The normalized spacial score (nSPS) is 13.5. The van der Waals surface area contributed by atoms with Crippen LogP contribution >= 0.6 is 11.6 Å². The first kappa shape index (κ1) is 15.5. The van der Waals surface area contributed by atoms with E-state index in [0.29, 0.717) is 17.3 Å². The number of nitrogens with zero attached hydrogens (tertiary/aromatic N) is 1. The van der Waals surface area contributed by atoms with Crippen molar-refractivity contribution in [3.63, 3.8) is 0 Å². The van der Waals surface area contributed by atoms with Crippen molar-refractivity contribution in [1.82, 2.24) is 4.90 Å². The van der Waals surface area contributed by atoms with Crippen LogP contribution < -0.4 is 5.32 Å². The molecule has 0 aliphatic rings. The van der Waals surface area contributed by atoms with Crippen molar-refractivity contribution in [3.05, 3.63) is 41.9 Å². The fourth-order valence-electron chi connectivity index (χ4n) is 1.53. The molecular weight excluding hydrogens is 264 g/mol. The zero-order valence-corrected chi connectivity index (χ0v) is 12.2. The van der Waals surface area contributed by atoms with Crippen LogP contribution in [0.25, 0.3) is 0 Å². The highest BCUT2D eigenvalue weighted by atomic mass is 35.5. The average Bonchev–Trinajstić information content (AvgIpc) is 2.40. The van der Waals surface area contributed by atoms with Gasteiger partial charge in [-0.1, -0.05) is 18.2 Å². The quantitative estimate of drug-likeness (QED) is 0.660. The predicted molar refractivity (Wildman–Crippen MR) is 78.5 cm³/mol. The van der Waals surface area contributed by atoms with E-state index in [9.17, 15) is 4.79 Å². The molecule has 0 aliphatic heterocycles. The molecule has 0 fully saturated rings. The Morgan fingerprint density at radius 2 is 2.11 bits per heavy atom. The van der Waals surface area contributed by atoms with Crippen molar-refractivity contribution in [2.75, 3.05) is 19.0 Å². The summed E-state index contributed by atoms with van der Waals surface area (Å²) in [6.07, 6.45) is 1.60. The molecule has 0 saturated carbocycles. The topological polar surface area (TPSA) is 41.6 Å². The molecule has 0 aliphatic carbocycles. The highest BCUT2D eigenvalue weighted by Crippen LogP contribution is 2.19. The standard InChI is InChI=1S/C14H19ClN2O2/c1-5-14(3,19-6-2)17(4)13(18)16-12-9-7-11(15)8-10-12/h5,7-10H,1,6H2,2-4H3,(H,16,18). The predicted octanol–water partition coefficient (Wildman–Crippen LogP) is 3.74. The summed E-state index contributed by atoms with van der Waals surface area (Å²) < 4.78 is 5.54. The number of urea groups is 1.